The van der Waals surface area contributed by atoms with Gasteiger partial charge in [0.2, 0.25) is 0 Å². The fraction of sp³-hybridized carbons (Fsp3) is 0.312. The van der Waals surface area contributed by atoms with Crippen molar-refractivity contribution >= 4 is 40.4 Å². The van der Waals surface area contributed by atoms with Crippen LogP contribution in [0.25, 0.3) is 29.0 Å². The highest BCUT2D eigenvalue weighted by Gasteiger charge is 2.17. The van der Waals surface area contributed by atoms with E-state index in [2.05, 4.69) is 127 Å². The van der Waals surface area contributed by atoms with Gasteiger partial charge in [0.25, 0.3) is 0 Å². The molecule has 2 heteroatoms. The van der Waals surface area contributed by atoms with Crippen molar-refractivity contribution in [3.05, 3.63) is 153 Å². The van der Waals surface area contributed by atoms with Crippen molar-refractivity contribution in [2.75, 3.05) is 11.9 Å². The van der Waals surface area contributed by atoms with E-state index in [1.54, 1.807) is 11.1 Å². The van der Waals surface area contributed by atoms with Gasteiger partial charge in [0, 0.05) is 24.0 Å². The third-order valence-corrected chi connectivity index (χ3v) is 8.80. The van der Waals surface area contributed by atoms with E-state index < -0.39 is 0 Å². The molecule has 0 saturated carbocycles. The number of anilines is 1. The van der Waals surface area contributed by atoms with Gasteiger partial charge in [0.15, 0.2) is 0 Å². The molecule has 2 aliphatic carbocycles. The van der Waals surface area contributed by atoms with Gasteiger partial charge in [-0.1, -0.05) is 145 Å². The minimum atomic E-state index is 1.06. The zero-order valence-electron chi connectivity index (χ0n) is 32.2. The van der Waals surface area contributed by atoms with E-state index in [9.17, 15) is 0 Å². The van der Waals surface area contributed by atoms with Gasteiger partial charge in [0.1, 0.15) is 0 Å². The standard InChI is InChI=1S/C16H16.C15H16.C11H10N2.3C2H6/c1-3-4-5-8-14-11-13(2)16-10-7-6-9-15(16)12-14;1-11-10-12-6-2-3-8-14(12)15-9-5-4-7-13(11)15;1-2-8-4-6-13-11(8)9(3-1)10-5-7-12-10;3*1-2/h3-12H,1-2H3;2,5-6,9-10H,3-4,7-8H2,1H3;1-3,5,7,13H,4,6H2;3*1-2H3/b4-3-,8-5-;;;;;. The second kappa shape index (κ2) is 21.4. The Bertz CT molecular complexity index is 1860. The summed E-state index contributed by atoms with van der Waals surface area (Å²) in [6.45, 7) is 19.5. The first-order valence-corrected chi connectivity index (χ1v) is 19.0. The van der Waals surface area contributed by atoms with Gasteiger partial charge in [0.05, 0.1) is 5.71 Å². The predicted molar refractivity (Wildman–Crippen MR) is 227 cm³/mol. The third kappa shape index (κ3) is 10.2. The molecule has 2 heterocycles. The summed E-state index contributed by atoms with van der Waals surface area (Å²) in [6.07, 6.45) is 27.4. The van der Waals surface area contributed by atoms with Crippen LogP contribution in [0.2, 0.25) is 0 Å². The molecular formula is C48H60N2. The highest BCUT2D eigenvalue weighted by Crippen LogP contribution is 2.32. The number of para-hydroxylation sites is 1. The highest BCUT2D eigenvalue weighted by molar-refractivity contribution is 6.15. The minimum Gasteiger partial charge on any atom is -0.384 e. The summed E-state index contributed by atoms with van der Waals surface area (Å²) in [7, 11) is 0. The molecule has 1 N–H and O–H groups in total. The first-order valence-electron chi connectivity index (χ1n) is 19.0. The molecule has 0 fully saturated rings. The Morgan fingerprint density at radius 2 is 1.42 bits per heavy atom. The maximum atomic E-state index is 4.21. The summed E-state index contributed by atoms with van der Waals surface area (Å²) in [4.78, 5) is 4.21. The van der Waals surface area contributed by atoms with Crippen LogP contribution < -0.4 is 5.32 Å². The number of fused-ring (bicyclic) bond motifs is 5. The average molecular weight is 665 g/mol. The van der Waals surface area contributed by atoms with Crippen molar-refractivity contribution < 1.29 is 0 Å². The molecule has 0 spiro atoms. The molecule has 262 valence electrons. The smallest absolute Gasteiger partial charge is 0.0738 e. The second-order valence-electron chi connectivity index (χ2n) is 11.8. The van der Waals surface area contributed by atoms with Gasteiger partial charge in [-0.15, -0.1) is 0 Å². The molecule has 0 unspecified atom stereocenters. The lowest BCUT2D eigenvalue weighted by atomic mass is 9.83. The zero-order chi connectivity index (χ0) is 36.3. The van der Waals surface area contributed by atoms with Crippen LogP contribution in [0.3, 0.4) is 0 Å². The van der Waals surface area contributed by atoms with Crippen molar-refractivity contribution in [2.24, 2.45) is 4.99 Å². The molecule has 2 aliphatic heterocycles. The molecule has 0 amide bonds. The number of hydrogen-bond acceptors (Lipinski definition) is 2. The average Bonchev–Trinajstić information content (AvgIpc) is 3.65. The molecule has 0 atom stereocenters. The Morgan fingerprint density at radius 1 is 0.700 bits per heavy atom. The lowest BCUT2D eigenvalue weighted by molar-refractivity contribution is 0.928. The Kier molecular flexibility index (Phi) is 17.0. The lowest BCUT2D eigenvalue weighted by Crippen LogP contribution is -2.06. The van der Waals surface area contributed by atoms with Gasteiger partial charge in [-0.3, -0.25) is 4.99 Å². The Morgan fingerprint density at radius 3 is 2.14 bits per heavy atom. The van der Waals surface area contributed by atoms with Crippen LogP contribution in [-0.4, -0.2) is 12.3 Å². The monoisotopic (exact) mass is 664 g/mol. The fourth-order valence-electron chi connectivity index (χ4n) is 6.55. The number of hydrogen-bond donors (Lipinski definition) is 1. The number of nitrogens with zero attached hydrogens (tertiary/aromatic N) is 1. The molecule has 50 heavy (non-hydrogen) atoms. The summed E-state index contributed by atoms with van der Waals surface area (Å²) in [5, 5.41) is 6.05. The SMILES string of the molecule is C/C=C\C=C/c1cc(C)c2ccccc2c1.C1=CC(c2cccc3c2NCC3)=N1.CC.CC.CC.Cc1cc2c(c3c1CCC=C3)CCC=C2. The number of allylic oxidation sites excluding steroid dienone is 6. The van der Waals surface area contributed by atoms with Crippen LogP contribution in [-0.2, 0) is 19.3 Å². The van der Waals surface area contributed by atoms with Gasteiger partial charge < -0.3 is 5.32 Å². The Balaban J connectivity index is 0.000000189. The fourth-order valence-corrected chi connectivity index (χ4v) is 6.55. The van der Waals surface area contributed by atoms with Crippen LogP contribution in [0.5, 0.6) is 0 Å². The van der Waals surface area contributed by atoms with E-state index in [-0.39, 0.29) is 0 Å². The molecule has 2 nitrogen and oxygen atoms in total. The first-order chi connectivity index (χ1) is 24.6. The summed E-state index contributed by atoms with van der Waals surface area (Å²) in [6, 6.07) is 21.7. The van der Waals surface area contributed by atoms with Crippen LogP contribution in [0.15, 0.2) is 108 Å². The summed E-state index contributed by atoms with van der Waals surface area (Å²) in [5.41, 5.74) is 15.3. The van der Waals surface area contributed by atoms with Crippen LogP contribution in [0.4, 0.5) is 5.69 Å². The number of aryl methyl sites for hydroxylation is 2. The molecule has 4 aromatic carbocycles. The normalized spacial score (nSPS) is 13.9. The molecule has 0 bridgehead atoms. The van der Waals surface area contributed by atoms with Gasteiger partial charge >= 0.3 is 0 Å². The van der Waals surface area contributed by atoms with E-state index in [4.69, 9.17) is 0 Å². The van der Waals surface area contributed by atoms with E-state index in [0.29, 0.717) is 0 Å². The number of rotatable bonds is 3. The van der Waals surface area contributed by atoms with Crippen molar-refractivity contribution in [3.63, 3.8) is 0 Å². The van der Waals surface area contributed by atoms with Gasteiger partial charge in [-0.25, -0.2) is 0 Å². The zero-order valence-corrected chi connectivity index (χ0v) is 32.2. The molecule has 0 saturated heterocycles. The highest BCUT2D eigenvalue weighted by atomic mass is 14.9. The van der Waals surface area contributed by atoms with Crippen LogP contribution in [0.1, 0.15) is 111 Å². The quantitative estimate of drug-likeness (QED) is 0.217. The maximum absolute atomic E-state index is 4.21. The largest absolute Gasteiger partial charge is 0.384 e. The Labute approximate surface area is 304 Å². The third-order valence-electron chi connectivity index (χ3n) is 8.80. The summed E-state index contributed by atoms with van der Waals surface area (Å²) >= 11 is 0. The van der Waals surface area contributed by atoms with Crippen molar-refractivity contribution in [1.82, 2.24) is 0 Å². The van der Waals surface area contributed by atoms with E-state index in [0.717, 1.165) is 18.7 Å². The minimum absolute atomic E-state index is 1.06. The molecule has 4 aromatic rings. The number of benzene rings is 4. The number of aliphatic imine (C=N–C) groups is 1. The van der Waals surface area contributed by atoms with Gasteiger partial charge in [-0.2, -0.15) is 0 Å². The van der Waals surface area contributed by atoms with Gasteiger partial charge in [-0.05, 0) is 120 Å². The number of nitrogens with one attached hydrogen (secondary N) is 1. The van der Waals surface area contributed by atoms with Crippen molar-refractivity contribution in [3.8, 4) is 0 Å². The topological polar surface area (TPSA) is 24.4 Å². The predicted octanol–water partition coefficient (Wildman–Crippen LogP) is 13.7. The molecule has 8 rings (SSSR count). The maximum Gasteiger partial charge on any atom is 0.0738 e. The van der Waals surface area contributed by atoms with Crippen molar-refractivity contribution in [2.45, 2.75) is 94.4 Å². The van der Waals surface area contributed by atoms with Crippen molar-refractivity contribution in [1.29, 1.82) is 0 Å². The van der Waals surface area contributed by atoms with E-state index >= 15 is 0 Å². The summed E-state index contributed by atoms with van der Waals surface area (Å²) < 4.78 is 0. The lowest BCUT2D eigenvalue weighted by Gasteiger charge is -2.21. The Hall–Kier alpha value is -4.69. The van der Waals surface area contributed by atoms with Crippen LogP contribution >= 0.6 is 0 Å². The summed E-state index contributed by atoms with van der Waals surface area (Å²) in [5.74, 6) is 0. The van der Waals surface area contributed by atoms with Crippen LogP contribution in [0, 0.1) is 13.8 Å². The molecule has 0 radical (unpaired) electrons. The molecular weight excluding hydrogens is 605 g/mol. The van der Waals surface area contributed by atoms with E-state index in [1.165, 1.54) is 81.1 Å². The first kappa shape index (κ1) is 39.7. The van der Waals surface area contributed by atoms with E-state index in [1.807, 2.05) is 66.8 Å². The molecule has 0 aromatic heterocycles. The second-order valence-corrected chi connectivity index (χ2v) is 11.8. The molecule has 4 aliphatic rings.